The molecule has 1 aromatic rings. The summed E-state index contributed by atoms with van der Waals surface area (Å²) in [6.45, 7) is 2.37. The topological polar surface area (TPSA) is 80.0 Å². The van der Waals surface area contributed by atoms with Gasteiger partial charge < -0.3 is 16.4 Å². The predicted octanol–water partition coefficient (Wildman–Crippen LogP) is 2.30. The molecule has 7 heteroatoms. The maximum atomic E-state index is 12.8. The van der Waals surface area contributed by atoms with Gasteiger partial charge in [-0.3, -0.25) is 4.99 Å². The maximum absolute atomic E-state index is 12.8. The standard InChI is InChI=1S/C16H24FN5.ClH/c17-14-7-5-13(6-8-14)9-10-20-15(18)21-16(19)22-11-3-1-2-4-12-22;/h5-8H,1-4,9-12H2,(H4,18,19,20,21);1H. The number of guanidine groups is 2. The third-order valence-electron chi connectivity index (χ3n) is 3.75. The van der Waals surface area contributed by atoms with Crippen molar-refractivity contribution in [2.45, 2.75) is 32.1 Å². The summed E-state index contributed by atoms with van der Waals surface area (Å²) in [6, 6.07) is 6.38. The highest BCUT2D eigenvalue weighted by Crippen LogP contribution is 2.09. The fourth-order valence-electron chi connectivity index (χ4n) is 2.47. The average Bonchev–Trinajstić information content (AvgIpc) is 2.78. The summed E-state index contributed by atoms with van der Waals surface area (Å²) in [5.74, 6) is 0.412. The first-order valence-electron chi connectivity index (χ1n) is 7.78. The Kier molecular flexibility index (Phi) is 8.40. The molecule has 0 saturated carbocycles. The van der Waals surface area contributed by atoms with Crippen LogP contribution < -0.4 is 11.5 Å². The normalized spacial score (nSPS) is 16.7. The molecule has 128 valence electrons. The lowest BCUT2D eigenvalue weighted by atomic mass is 10.1. The van der Waals surface area contributed by atoms with Crippen LogP contribution in [0, 0.1) is 5.82 Å². The Balaban J connectivity index is 0.00000264. The first kappa shape index (κ1) is 19.2. The zero-order chi connectivity index (χ0) is 15.8. The van der Waals surface area contributed by atoms with Gasteiger partial charge in [-0.25, -0.2) is 4.39 Å². The Labute approximate surface area is 143 Å². The summed E-state index contributed by atoms with van der Waals surface area (Å²) in [5, 5.41) is 0. The van der Waals surface area contributed by atoms with E-state index >= 15 is 0 Å². The van der Waals surface area contributed by atoms with Crippen LogP contribution in [-0.2, 0) is 6.42 Å². The summed E-state index contributed by atoms with van der Waals surface area (Å²) in [7, 11) is 0. The van der Waals surface area contributed by atoms with E-state index in [4.69, 9.17) is 11.5 Å². The minimum Gasteiger partial charge on any atom is -0.369 e. The Hall–Kier alpha value is -1.82. The molecule has 0 spiro atoms. The molecule has 1 aliphatic heterocycles. The molecule has 0 atom stereocenters. The number of nitrogens with zero attached hydrogens (tertiary/aromatic N) is 3. The van der Waals surface area contributed by atoms with E-state index in [1.165, 1.54) is 25.0 Å². The molecule has 4 N–H and O–H groups in total. The molecule has 1 saturated heterocycles. The van der Waals surface area contributed by atoms with E-state index in [1.54, 1.807) is 12.1 Å². The van der Waals surface area contributed by atoms with Crippen molar-refractivity contribution in [1.82, 2.24) is 4.90 Å². The van der Waals surface area contributed by atoms with Crippen LogP contribution in [0.1, 0.15) is 31.2 Å². The Bertz CT molecular complexity index is 522. The molecule has 1 heterocycles. The van der Waals surface area contributed by atoms with E-state index in [0.717, 1.165) is 31.5 Å². The van der Waals surface area contributed by atoms with Crippen LogP contribution in [0.5, 0.6) is 0 Å². The summed E-state index contributed by atoms with van der Waals surface area (Å²) in [6.07, 6.45) is 5.45. The number of benzene rings is 1. The van der Waals surface area contributed by atoms with Crippen LogP contribution in [0.15, 0.2) is 34.3 Å². The van der Waals surface area contributed by atoms with E-state index < -0.39 is 0 Å². The minimum absolute atomic E-state index is 0. The quantitative estimate of drug-likeness (QED) is 0.654. The van der Waals surface area contributed by atoms with Gasteiger partial charge in [0.05, 0.1) is 0 Å². The number of likely N-dealkylation sites (tertiary alicyclic amines) is 1. The first-order chi connectivity index (χ1) is 10.6. The Morgan fingerprint density at radius 3 is 2.26 bits per heavy atom. The van der Waals surface area contributed by atoms with Gasteiger partial charge in [-0.2, -0.15) is 4.99 Å². The van der Waals surface area contributed by atoms with E-state index in [-0.39, 0.29) is 24.2 Å². The second-order valence-corrected chi connectivity index (χ2v) is 5.49. The molecule has 1 aromatic carbocycles. The summed E-state index contributed by atoms with van der Waals surface area (Å²) >= 11 is 0. The number of hydrogen-bond acceptors (Lipinski definition) is 1. The number of nitrogens with two attached hydrogens (primary N) is 2. The van der Waals surface area contributed by atoms with Crippen LogP contribution >= 0.6 is 12.4 Å². The van der Waals surface area contributed by atoms with E-state index in [2.05, 4.69) is 14.9 Å². The van der Waals surface area contributed by atoms with Gasteiger partial charge in [0, 0.05) is 19.6 Å². The fourth-order valence-corrected chi connectivity index (χ4v) is 2.47. The zero-order valence-electron chi connectivity index (χ0n) is 13.2. The molecule has 0 unspecified atom stereocenters. The highest BCUT2D eigenvalue weighted by Gasteiger charge is 2.11. The average molecular weight is 342 g/mol. The monoisotopic (exact) mass is 341 g/mol. The van der Waals surface area contributed by atoms with Crippen molar-refractivity contribution in [3.8, 4) is 0 Å². The molecular formula is C16H25ClFN5. The van der Waals surface area contributed by atoms with Crippen LogP contribution in [0.25, 0.3) is 0 Å². The number of halogens is 2. The molecule has 5 nitrogen and oxygen atoms in total. The van der Waals surface area contributed by atoms with Crippen LogP contribution in [0.2, 0.25) is 0 Å². The molecule has 0 aliphatic carbocycles. The lowest BCUT2D eigenvalue weighted by Crippen LogP contribution is -2.39. The van der Waals surface area contributed by atoms with Gasteiger partial charge in [0.1, 0.15) is 5.82 Å². The molecular weight excluding hydrogens is 317 g/mol. The number of rotatable bonds is 3. The van der Waals surface area contributed by atoms with E-state index in [0.29, 0.717) is 18.9 Å². The molecule has 1 fully saturated rings. The van der Waals surface area contributed by atoms with Gasteiger partial charge in [0.15, 0.2) is 5.96 Å². The van der Waals surface area contributed by atoms with Crippen molar-refractivity contribution in [3.63, 3.8) is 0 Å². The van der Waals surface area contributed by atoms with Crippen molar-refractivity contribution in [1.29, 1.82) is 0 Å². The summed E-state index contributed by atoms with van der Waals surface area (Å²) in [5.41, 5.74) is 12.8. The highest BCUT2D eigenvalue weighted by molar-refractivity contribution is 5.93. The maximum Gasteiger partial charge on any atom is 0.218 e. The third-order valence-corrected chi connectivity index (χ3v) is 3.75. The lowest BCUT2D eigenvalue weighted by Gasteiger charge is -2.20. The van der Waals surface area contributed by atoms with Crippen molar-refractivity contribution in [2.75, 3.05) is 19.6 Å². The van der Waals surface area contributed by atoms with Gasteiger partial charge in [-0.15, -0.1) is 12.4 Å². The Morgan fingerprint density at radius 1 is 1.04 bits per heavy atom. The van der Waals surface area contributed by atoms with E-state index in [9.17, 15) is 4.39 Å². The molecule has 0 aromatic heterocycles. The van der Waals surface area contributed by atoms with Gasteiger partial charge in [-0.05, 0) is 37.0 Å². The molecule has 0 amide bonds. The summed E-state index contributed by atoms with van der Waals surface area (Å²) < 4.78 is 12.8. The van der Waals surface area contributed by atoms with Gasteiger partial charge in [0.25, 0.3) is 0 Å². The van der Waals surface area contributed by atoms with Gasteiger partial charge >= 0.3 is 0 Å². The fraction of sp³-hybridized carbons (Fsp3) is 0.500. The van der Waals surface area contributed by atoms with Crippen LogP contribution in [-0.4, -0.2) is 36.5 Å². The molecule has 2 rings (SSSR count). The van der Waals surface area contributed by atoms with Crippen LogP contribution in [0.3, 0.4) is 0 Å². The first-order valence-corrected chi connectivity index (χ1v) is 7.78. The van der Waals surface area contributed by atoms with E-state index in [1.807, 2.05) is 0 Å². The van der Waals surface area contributed by atoms with Crippen molar-refractivity contribution >= 4 is 24.3 Å². The second-order valence-electron chi connectivity index (χ2n) is 5.49. The van der Waals surface area contributed by atoms with Gasteiger partial charge in [0.2, 0.25) is 5.96 Å². The third kappa shape index (κ3) is 6.86. The molecule has 1 aliphatic rings. The lowest BCUT2D eigenvalue weighted by molar-refractivity contribution is 0.431. The van der Waals surface area contributed by atoms with Crippen molar-refractivity contribution < 1.29 is 4.39 Å². The zero-order valence-corrected chi connectivity index (χ0v) is 14.1. The highest BCUT2D eigenvalue weighted by atomic mass is 35.5. The molecule has 23 heavy (non-hydrogen) atoms. The predicted molar refractivity (Wildman–Crippen MR) is 95.5 cm³/mol. The SMILES string of the molecule is Cl.NC(=NCCc1ccc(F)cc1)N=C(N)N1CCCCCC1. The second kappa shape index (κ2) is 10.0. The van der Waals surface area contributed by atoms with Gasteiger partial charge in [-0.1, -0.05) is 25.0 Å². The van der Waals surface area contributed by atoms with Crippen LogP contribution in [0.4, 0.5) is 4.39 Å². The molecule has 0 bridgehead atoms. The van der Waals surface area contributed by atoms with Crippen molar-refractivity contribution in [2.24, 2.45) is 21.5 Å². The Morgan fingerprint density at radius 2 is 1.65 bits per heavy atom. The minimum atomic E-state index is -0.235. The number of hydrogen-bond donors (Lipinski definition) is 2. The number of aliphatic imine (C=N–C) groups is 2. The van der Waals surface area contributed by atoms with Crippen molar-refractivity contribution in [3.05, 3.63) is 35.6 Å². The largest absolute Gasteiger partial charge is 0.369 e. The molecule has 0 radical (unpaired) electrons. The summed E-state index contributed by atoms with van der Waals surface area (Å²) in [4.78, 5) is 10.4. The smallest absolute Gasteiger partial charge is 0.218 e.